The minimum absolute atomic E-state index is 0.0571. The third-order valence-corrected chi connectivity index (χ3v) is 4.21. The van der Waals surface area contributed by atoms with Crippen LogP contribution in [0.5, 0.6) is 0 Å². The maximum atomic E-state index is 12.0. The number of guanidine groups is 1. The van der Waals surface area contributed by atoms with Crippen molar-refractivity contribution in [2.24, 2.45) is 22.2 Å². The molecule has 8 nitrogen and oxygen atoms in total. The molecule has 0 aromatic heterocycles. The van der Waals surface area contributed by atoms with Crippen LogP contribution in [0.25, 0.3) is 0 Å². The standard InChI is InChI=1S/C13H20N4O4S/c1-9-5-2-3-7-11(9)22(19,20)21-12(18)10(14)6-4-8-17-13(15)16/h2-3,5,7,10H,4,6,8,14H2,1H3,(H4,15,16,17)/t10-/m0/s1. The molecule has 0 aliphatic heterocycles. The molecule has 1 aromatic rings. The van der Waals surface area contributed by atoms with Crippen LogP contribution in [0.1, 0.15) is 18.4 Å². The fourth-order valence-corrected chi connectivity index (χ4v) is 2.83. The number of benzene rings is 1. The summed E-state index contributed by atoms with van der Waals surface area (Å²) >= 11 is 0. The maximum absolute atomic E-state index is 12.0. The molecule has 0 fully saturated rings. The summed E-state index contributed by atoms with van der Waals surface area (Å²) < 4.78 is 28.6. The van der Waals surface area contributed by atoms with Crippen molar-refractivity contribution in [3.8, 4) is 0 Å². The highest BCUT2D eigenvalue weighted by molar-refractivity contribution is 7.87. The van der Waals surface area contributed by atoms with Gasteiger partial charge in [-0.3, -0.25) is 4.99 Å². The first kappa shape index (κ1) is 17.9. The van der Waals surface area contributed by atoms with Crippen molar-refractivity contribution in [2.45, 2.75) is 30.7 Å². The minimum Gasteiger partial charge on any atom is -0.370 e. The first-order chi connectivity index (χ1) is 10.2. The lowest BCUT2D eigenvalue weighted by atomic mass is 10.2. The first-order valence-electron chi connectivity index (χ1n) is 6.59. The van der Waals surface area contributed by atoms with E-state index in [1.165, 1.54) is 6.07 Å². The van der Waals surface area contributed by atoms with E-state index in [0.29, 0.717) is 18.5 Å². The van der Waals surface area contributed by atoms with E-state index in [2.05, 4.69) is 9.18 Å². The summed E-state index contributed by atoms with van der Waals surface area (Å²) in [6.07, 6.45) is 0.636. The Balaban J connectivity index is 2.64. The molecule has 0 unspecified atom stereocenters. The second kappa shape index (κ2) is 7.76. The van der Waals surface area contributed by atoms with Crippen molar-refractivity contribution >= 4 is 22.0 Å². The molecule has 122 valence electrons. The van der Waals surface area contributed by atoms with Crippen LogP contribution in [-0.2, 0) is 19.1 Å². The Labute approximate surface area is 129 Å². The number of hydrogen-bond donors (Lipinski definition) is 3. The Morgan fingerprint density at radius 3 is 2.55 bits per heavy atom. The largest absolute Gasteiger partial charge is 0.370 e. The van der Waals surface area contributed by atoms with Crippen molar-refractivity contribution in [1.82, 2.24) is 0 Å². The molecule has 0 saturated carbocycles. The van der Waals surface area contributed by atoms with Gasteiger partial charge >= 0.3 is 16.1 Å². The lowest BCUT2D eigenvalue weighted by molar-refractivity contribution is -0.135. The number of nitrogens with zero attached hydrogens (tertiary/aromatic N) is 1. The molecule has 22 heavy (non-hydrogen) atoms. The summed E-state index contributed by atoms with van der Waals surface area (Å²) in [5, 5.41) is 0. The summed E-state index contributed by atoms with van der Waals surface area (Å²) in [7, 11) is -4.18. The molecule has 0 aliphatic carbocycles. The number of hydrogen-bond acceptors (Lipinski definition) is 6. The van der Waals surface area contributed by atoms with Gasteiger partial charge in [-0.25, -0.2) is 4.79 Å². The van der Waals surface area contributed by atoms with Gasteiger partial charge in [-0.05, 0) is 31.4 Å². The average molecular weight is 328 g/mol. The van der Waals surface area contributed by atoms with Crippen molar-refractivity contribution in [3.05, 3.63) is 29.8 Å². The molecule has 1 atom stereocenters. The number of nitrogens with two attached hydrogens (primary N) is 3. The van der Waals surface area contributed by atoms with E-state index in [9.17, 15) is 13.2 Å². The van der Waals surface area contributed by atoms with E-state index in [-0.39, 0.29) is 17.3 Å². The Morgan fingerprint density at radius 1 is 1.32 bits per heavy atom. The molecule has 0 amide bonds. The van der Waals surface area contributed by atoms with Crippen LogP contribution in [0.4, 0.5) is 0 Å². The van der Waals surface area contributed by atoms with Crippen LogP contribution in [0.2, 0.25) is 0 Å². The molecule has 9 heteroatoms. The second-order valence-electron chi connectivity index (χ2n) is 4.68. The van der Waals surface area contributed by atoms with Crippen LogP contribution in [0, 0.1) is 6.92 Å². The topological polar surface area (TPSA) is 151 Å². The molecular weight excluding hydrogens is 308 g/mol. The van der Waals surface area contributed by atoms with Gasteiger partial charge in [0, 0.05) is 6.54 Å². The van der Waals surface area contributed by atoms with Gasteiger partial charge in [-0.2, -0.15) is 8.42 Å². The summed E-state index contributed by atoms with van der Waals surface area (Å²) in [5.74, 6) is -1.06. The quantitative estimate of drug-likeness (QED) is 0.267. The zero-order chi connectivity index (χ0) is 16.8. The van der Waals surface area contributed by atoms with E-state index in [1.807, 2.05) is 0 Å². The molecule has 0 radical (unpaired) electrons. The van der Waals surface area contributed by atoms with Gasteiger partial charge < -0.3 is 21.4 Å². The minimum atomic E-state index is -4.18. The Bertz CT molecular complexity index is 654. The fraction of sp³-hybridized carbons (Fsp3) is 0.385. The van der Waals surface area contributed by atoms with Crippen molar-refractivity contribution in [3.63, 3.8) is 0 Å². The van der Waals surface area contributed by atoms with E-state index in [1.54, 1.807) is 25.1 Å². The predicted molar refractivity (Wildman–Crippen MR) is 82.3 cm³/mol. The highest BCUT2D eigenvalue weighted by Gasteiger charge is 2.25. The van der Waals surface area contributed by atoms with E-state index in [4.69, 9.17) is 17.2 Å². The Morgan fingerprint density at radius 2 is 1.95 bits per heavy atom. The highest BCUT2D eigenvalue weighted by Crippen LogP contribution is 2.17. The zero-order valence-corrected chi connectivity index (χ0v) is 13.0. The predicted octanol–water partition coefficient (Wildman–Crippen LogP) is -0.392. The molecule has 0 bridgehead atoms. The third kappa shape index (κ3) is 5.34. The number of carbonyl (C=O) groups excluding carboxylic acids is 1. The molecule has 0 saturated heterocycles. The van der Waals surface area contributed by atoms with Gasteiger partial charge in [-0.15, -0.1) is 0 Å². The SMILES string of the molecule is Cc1ccccc1S(=O)(=O)OC(=O)[C@@H](N)CCCN=C(N)N. The van der Waals surface area contributed by atoms with Crippen LogP contribution in [0.15, 0.2) is 34.2 Å². The Kier molecular flexibility index (Phi) is 6.32. The molecule has 6 N–H and O–H groups in total. The normalized spacial score (nSPS) is 12.5. The molecular formula is C13H20N4O4S. The first-order valence-corrected chi connectivity index (χ1v) is 8.00. The highest BCUT2D eigenvalue weighted by atomic mass is 32.2. The van der Waals surface area contributed by atoms with Gasteiger partial charge in [0.25, 0.3) is 0 Å². The van der Waals surface area contributed by atoms with Crippen molar-refractivity contribution in [1.29, 1.82) is 0 Å². The van der Waals surface area contributed by atoms with Crippen LogP contribution in [0.3, 0.4) is 0 Å². The van der Waals surface area contributed by atoms with E-state index >= 15 is 0 Å². The van der Waals surface area contributed by atoms with Crippen molar-refractivity contribution in [2.75, 3.05) is 6.54 Å². The van der Waals surface area contributed by atoms with Gasteiger partial charge in [0.15, 0.2) is 5.96 Å². The summed E-state index contributed by atoms with van der Waals surface area (Å²) in [4.78, 5) is 15.4. The average Bonchev–Trinajstić information content (AvgIpc) is 2.42. The molecule has 0 spiro atoms. The molecule has 1 aromatic carbocycles. The third-order valence-electron chi connectivity index (χ3n) is 2.83. The lowest BCUT2D eigenvalue weighted by Gasteiger charge is -2.12. The number of aryl methyl sites for hydroxylation is 1. The summed E-state index contributed by atoms with van der Waals surface area (Å²) in [6, 6.07) is 5.14. The van der Waals surface area contributed by atoms with E-state index < -0.39 is 22.1 Å². The molecule has 0 heterocycles. The van der Waals surface area contributed by atoms with Crippen molar-refractivity contribution < 1.29 is 17.4 Å². The van der Waals surface area contributed by atoms with E-state index in [0.717, 1.165) is 0 Å². The molecule has 1 rings (SSSR count). The van der Waals surface area contributed by atoms with Gasteiger partial charge in [0.1, 0.15) is 10.9 Å². The fourth-order valence-electron chi connectivity index (χ4n) is 1.69. The van der Waals surface area contributed by atoms with Gasteiger partial charge in [-0.1, -0.05) is 18.2 Å². The number of rotatable bonds is 7. The smallest absolute Gasteiger partial charge is 0.342 e. The maximum Gasteiger partial charge on any atom is 0.342 e. The summed E-state index contributed by atoms with van der Waals surface area (Å²) in [5.41, 5.74) is 16.4. The Hall–Kier alpha value is -2.13. The molecule has 0 aliphatic rings. The monoisotopic (exact) mass is 328 g/mol. The van der Waals surface area contributed by atoms with Crippen LogP contribution < -0.4 is 17.2 Å². The lowest BCUT2D eigenvalue weighted by Crippen LogP contribution is -2.34. The number of carbonyl (C=O) groups is 1. The van der Waals surface area contributed by atoms with Crippen LogP contribution >= 0.6 is 0 Å². The van der Waals surface area contributed by atoms with Gasteiger partial charge in [0.2, 0.25) is 0 Å². The zero-order valence-electron chi connectivity index (χ0n) is 12.2. The van der Waals surface area contributed by atoms with Crippen LogP contribution in [-0.4, -0.2) is 32.9 Å². The van der Waals surface area contributed by atoms with Gasteiger partial charge in [0.05, 0.1) is 0 Å². The summed E-state index contributed by atoms with van der Waals surface area (Å²) in [6.45, 7) is 1.91. The second-order valence-corrected chi connectivity index (χ2v) is 6.19. The number of aliphatic imine (C=N–C) groups is 1.